The van der Waals surface area contributed by atoms with E-state index >= 15 is 0 Å². The lowest BCUT2D eigenvalue weighted by molar-refractivity contribution is -0.889. The van der Waals surface area contributed by atoms with Crippen LogP contribution in [0.2, 0.25) is 0 Å². The number of carbonyl (C=O) groups is 3. The second-order valence-electron chi connectivity index (χ2n) is 17.0. The number of allylic oxidation sites excluding steroid dienone is 8. The number of carboxylic acid groups (broad SMARTS) is 1. The number of likely N-dealkylation sites (N-methyl/N-ethyl adjacent to an activating group) is 1. The molecule has 0 saturated heterocycles. The Bertz CT molecular complexity index is 1090. The van der Waals surface area contributed by atoms with Crippen molar-refractivity contribution in [2.45, 2.75) is 212 Å². The van der Waals surface area contributed by atoms with Crippen LogP contribution in [0.3, 0.4) is 0 Å². The van der Waals surface area contributed by atoms with Crippen LogP contribution in [0.1, 0.15) is 200 Å². The van der Waals surface area contributed by atoms with E-state index in [1.807, 2.05) is 6.08 Å². The summed E-state index contributed by atoms with van der Waals surface area (Å²) in [7, 11) is 5.40. The third kappa shape index (κ3) is 38.8. The van der Waals surface area contributed by atoms with Crippen molar-refractivity contribution < 1.29 is 38.2 Å². The van der Waals surface area contributed by atoms with Crippen LogP contribution in [-0.2, 0) is 28.6 Å². The van der Waals surface area contributed by atoms with Crippen LogP contribution in [0.5, 0.6) is 0 Å². The Morgan fingerprint density at radius 1 is 0.534 bits per heavy atom. The molecule has 0 bridgehead atoms. The van der Waals surface area contributed by atoms with Gasteiger partial charge < -0.3 is 28.6 Å². The molecular formula is C50H89NO7. The molecule has 2 unspecified atom stereocenters. The number of rotatable bonds is 42. The number of aliphatic carboxylic acids is 1. The third-order valence-corrected chi connectivity index (χ3v) is 10.5. The first-order valence-electron chi connectivity index (χ1n) is 23.7. The lowest BCUT2D eigenvalue weighted by atomic mass is 10.0. The van der Waals surface area contributed by atoms with E-state index in [2.05, 4.69) is 56.4 Å². The summed E-state index contributed by atoms with van der Waals surface area (Å²) in [5.74, 6) is -1.82. The first-order chi connectivity index (χ1) is 28.1. The number of carboxylic acids is 1. The van der Waals surface area contributed by atoms with Gasteiger partial charge >= 0.3 is 11.9 Å². The van der Waals surface area contributed by atoms with Gasteiger partial charge in [0.2, 0.25) is 0 Å². The molecule has 0 aromatic heterocycles. The van der Waals surface area contributed by atoms with Gasteiger partial charge in [-0.25, -0.2) is 0 Å². The van der Waals surface area contributed by atoms with Crippen LogP contribution in [0.4, 0.5) is 0 Å². The van der Waals surface area contributed by atoms with Crippen molar-refractivity contribution in [2.24, 2.45) is 0 Å². The first kappa shape index (κ1) is 55.3. The van der Waals surface area contributed by atoms with Crippen molar-refractivity contribution in [1.82, 2.24) is 0 Å². The Balaban J connectivity index is 4.29. The summed E-state index contributed by atoms with van der Waals surface area (Å²) in [6.45, 7) is 4.50. The monoisotopic (exact) mass is 816 g/mol. The molecule has 0 radical (unpaired) electrons. The summed E-state index contributed by atoms with van der Waals surface area (Å²) in [4.78, 5) is 36.9. The average molecular weight is 816 g/mol. The molecule has 336 valence electrons. The molecule has 58 heavy (non-hydrogen) atoms. The number of esters is 2. The molecular weight excluding hydrogens is 727 g/mol. The Morgan fingerprint density at radius 2 is 1.00 bits per heavy atom. The molecule has 0 spiro atoms. The molecule has 8 nitrogen and oxygen atoms in total. The van der Waals surface area contributed by atoms with Crippen LogP contribution >= 0.6 is 0 Å². The summed E-state index contributed by atoms with van der Waals surface area (Å²) in [5.41, 5.74) is 0. The minimum Gasteiger partial charge on any atom is -0.544 e. The highest BCUT2D eigenvalue weighted by molar-refractivity contribution is 5.70. The Labute approximate surface area is 356 Å². The number of unbranched alkanes of at least 4 members (excludes halogenated alkanes) is 20. The van der Waals surface area contributed by atoms with Gasteiger partial charge in [-0.05, 0) is 57.8 Å². The van der Waals surface area contributed by atoms with Crippen LogP contribution in [0, 0.1) is 0 Å². The van der Waals surface area contributed by atoms with E-state index in [4.69, 9.17) is 14.2 Å². The molecule has 0 heterocycles. The zero-order valence-corrected chi connectivity index (χ0v) is 38.2. The predicted octanol–water partition coefficient (Wildman–Crippen LogP) is 11.9. The van der Waals surface area contributed by atoms with Crippen LogP contribution in [-0.4, -0.2) is 75.5 Å². The topological polar surface area (TPSA) is 102 Å². The second-order valence-corrected chi connectivity index (χ2v) is 17.0. The highest BCUT2D eigenvalue weighted by atomic mass is 16.6. The van der Waals surface area contributed by atoms with E-state index < -0.39 is 18.1 Å². The van der Waals surface area contributed by atoms with Crippen molar-refractivity contribution in [3.8, 4) is 0 Å². The normalized spacial score (nSPS) is 13.3. The van der Waals surface area contributed by atoms with Crippen LogP contribution in [0.25, 0.3) is 0 Å². The Morgan fingerprint density at radius 3 is 1.48 bits per heavy atom. The number of ether oxygens (including phenoxy) is 3. The molecule has 0 fully saturated rings. The van der Waals surface area contributed by atoms with Gasteiger partial charge in [-0.2, -0.15) is 0 Å². The minimum absolute atomic E-state index is 0.0242. The molecule has 0 aliphatic heterocycles. The number of nitrogens with zero attached hydrogens (tertiary/aromatic N) is 1. The van der Waals surface area contributed by atoms with Gasteiger partial charge in [0.25, 0.3) is 0 Å². The van der Waals surface area contributed by atoms with Gasteiger partial charge in [0.1, 0.15) is 12.6 Å². The number of quaternary nitrogens is 1. The maximum absolute atomic E-state index is 12.7. The largest absolute Gasteiger partial charge is 0.544 e. The molecule has 0 aromatic rings. The molecule has 0 amide bonds. The summed E-state index contributed by atoms with van der Waals surface area (Å²) >= 11 is 0. The van der Waals surface area contributed by atoms with E-state index in [1.165, 1.54) is 116 Å². The number of hydrogen-bond acceptors (Lipinski definition) is 7. The lowest BCUT2D eigenvalue weighted by Gasteiger charge is -2.34. The van der Waals surface area contributed by atoms with Gasteiger partial charge in [-0.15, -0.1) is 0 Å². The van der Waals surface area contributed by atoms with E-state index in [0.29, 0.717) is 12.8 Å². The number of hydrogen-bond donors (Lipinski definition) is 0. The van der Waals surface area contributed by atoms with Gasteiger partial charge in [0.05, 0.1) is 40.3 Å². The van der Waals surface area contributed by atoms with E-state index in [-0.39, 0.29) is 49.1 Å². The highest BCUT2D eigenvalue weighted by Crippen LogP contribution is 2.15. The first-order valence-corrected chi connectivity index (χ1v) is 23.7. The summed E-state index contributed by atoms with van der Waals surface area (Å²) in [6.07, 6.45) is 48.7. The van der Waals surface area contributed by atoms with Crippen LogP contribution in [0.15, 0.2) is 48.6 Å². The SMILES string of the molecule is CC/C=C/C/C=C/CCCCCCCCCCCCCCCCC(=O)OC(COCCC(C(=O)[O-])[N+](C)(C)C)COC(=O)CC/C=C/C/C=C/CCCCCCCC. The van der Waals surface area contributed by atoms with Crippen molar-refractivity contribution in [2.75, 3.05) is 41.0 Å². The van der Waals surface area contributed by atoms with E-state index in [9.17, 15) is 19.5 Å². The maximum atomic E-state index is 12.7. The quantitative estimate of drug-likeness (QED) is 0.0262. The fourth-order valence-corrected chi connectivity index (χ4v) is 6.81. The predicted molar refractivity (Wildman–Crippen MR) is 240 cm³/mol. The van der Waals surface area contributed by atoms with Crippen molar-refractivity contribution in [3.05, 3.63) is 48.6 Å². The molecule has 0 aliphatic carbocycles. The molecule has 0 N–H and O–H groups in total. The average Bonchev–Trinajstić information content (AvgIpc) is 3.18. The summed E-state index contributed by atoms with van der Waals surface area (Å²) in [5, 5.41) is 11.6. The van der Waals surface area contributed by atoms with E-state index in [1.54, 1.807) is 21.1 Å². The Kier molecular flexibility index (Phi) is 39.1. The fraction of sp³-hybridized carbons (Fsp3) is 0.780. The van der Waals surface area contributed by atoms with Crippen molar-refractivity contribution in [1.29, 1.82) is 0 Å². The summed E-state index contributed by atoms with van der Waals surface area (Å²) < 4.78 is 17.1. The maximum Gasteiger partial charge on any atom is 0.306 e. The van der Waals surface area contributed by atoms with E-state index in [0.717, 1.165) is 44.9 Å². The third-order valence-electron chi connectivity index (χ3n) is 10.5. The van der Waals surface area contributed by atoms with Crippen LogP contribution < -0.4 is 5.11 Å². The molecule has 8 heteroatoms. The highest BCUT2D eigenvalue weighted by Gasteiger charge is 2.25. The van der Waals surface area contributed by atoms with Crippen molar-refractivity contribution in [3.63, 3.8) is 0 Å². The number of carbonyl (C=O) groups excluding carboxylic acids is 3. The van der Waals surface area contributed by atoms with Gasteiger partial charge in [0.15, 0.2) is 6.10 Å². The smallest absolute Gasteiger partial charge is 0.306 e. The molecule has 0 aromatic carbocycles. The second kappa shape index (κ2) is 41.0. The Hall–Kier alpha value is -2.71. The standard InChI is InChI=1S/C50H89NO7/c1-6-8-10-12-14-16-18-20-21-22-23-24-25-26-27-29-31-33-35-37-39-41-49(53)58-46(44-56-43-42-47(50(54)55)51(3,4)5)45-57-48(52)40-38-36-34-32-30-28-19-17-15-13-11-9-7-2/h8,10,14,16,28,30,34,36,46-47H,6-7,9,11-13,15,17-27,29,31-33,35,37-45H2,1-5H3/b10-8+,16-14+,30-28+,36-34+. The van der Waals surface area contributed by atoms with Gasteiger partial charge in [-0.1, -0.05) is 172 Å². The minimum atomic E-state index is -1.13. The molecule has 2 atom stereocenters. The fourth-order valence-electron chi connectivity index (χ4n) is 6.81. The molecule has 0 saturated carbocycles. The zero-order valence-electron chi connectivity index (χ0n) is 38.2. The molecule has 0 rings (SSSR count). The van der Waals surface area contributed by atoms with Gasteiger partial charge in [-0.3, -0.25) is 9.59 Å². The van der Waals surface area contributed by atoms with Crippen molar-refractivity contribution >= 4 is 17.9 Å². The summed E-state index contributed by atoms with van der Waals surface area (Å²) in [6, 6.07) is -0.733. The van der Waals surface area contributed by atoms with Gasteiger partial charge in [0, 0.05) is 19.3 Å². The molecule has 0 aliphatic rings. The zero-order chi connectivity index (χ0) is 42.8. The lowest BCUT2D eigenvalue weighted by Crippen LogP contribution is -2.55.